The summed E-state index contributed by atoms with van der Waals surface area (Å²) in [6.45, 7) is 3.90. The molecule has 0 fully saturated rings. The molecule has 3 aromatic rings. The van der Waals surface area contributed by atoms with Crippen LogP contribution in [0.3, 0.4) is 0 Å². The first-order valence-electron chi connectivity index (χ1n) is 9.91. The van der Waals surface area contributed by atoms with Crippen molar-refractivity contribution in [3.8, 4) is 10.6 Å². The van der Waals surface area contributed by atoms with E-state index in [-0.39, 0.29) is 11.8 Å². The molecular weight excluding hydrogens is 430 g/mol. The summed E-state index contributed by atoms with van der Waals surface area (Å²) in [5, 5.41) is 17.7. The van der Waals surface area contributed by atoms with Crippen LogP contribution >= 0.6 is 23.1 Å². The van der Waals surface area contributed by atoms with Crippen molar-refractivity contribution < 1.29 is 9.59 Å². The minimum absolute atomic E-state index is 0.0638. The van der Waals surface area contributed by atoms with Crippen molar-refractivity contribution in [2.75, 3.05) is 16.9 Å². The lowest BCUT2D eigenvalue weighted by Gasteiger charge is -2.23. The fraction of sp³-hybridized carbons (Fsp3) is 0.273. The van der Waals surface area contributed by atoms with Gasteiger partial charge in [-0.05, 0) is 36.4 Å². The smallest absolute Gasteiger partial charge is 0.319 e. The monoisotopic (exact) mass is 455 g/mol. The number of urea groups is 1. The van der Waals surface area contributed by atoms with E-state index in [0.29, 0.717) is 10.8 Å². The highest BCUT2D eigenvalue weighted by Gasteiger charge is 2.27. The van der Waals surface area contributed by atoms with E-state index < -0.39 is 12.1 Å². The van der Waals surface area contributed by atoms with Crippen LogP contribution in [0.25, 0.3) is 10.6 Å². The Bertz CT molecular complexity index is 1010. The molecule has 0 aliphatic rings. The number of aromatic nitrogens is 2. The van der Waals surface area contributed by atoms with Crippen molar-refractivity contribution in [1.29, 1.82) is 0 Å². The van der Waals surface area contributed by atoms with Gasteiger partial charge in [0.15, 0.2) is 0 Å². The van der Waals surface area contributed by atoms with Gasteiger partial charge in [0.1, 0.15) is 11.0 Å². The molecule has 2 atom stereocenters. The predicted octanol–water partition coefficient (Wildman–Crippen LogP) is 5.10. The molecule has 0 bridgehead atoms. The molecule has 3 N–H and O–H groups in total. The van der Waals surface area contributed by atoms with Gasteiger partial charge in [0.2, 0.25) is 11.0 Å². The van der Waals surface area contributed by atoms with E-state index in [9.17, 15) is 9.59 Å². The number of anilines is 2. The summed E-state index contributed by atoms with van der Waals surface area (Å²) in [5.41, 5.74) is 1.60. The predicted molar refractivity (Wildman–Crippen MR) is 128 cm³/mol. The van der Waals surface area contributed by atoms with E-state index in [2.05, 4.69) is 26.1 Å². The highest BCUT2D eigenvalue weighted by atomic mass is 32.2. The lowest BCUT2D eigenvalue weighted by Crippen LogP contribution is -2.49. The molecule has 0 unspecified atom stereocenters. The number of benzene rings is 2. The lowest BCUT2D eigenvalue weighted by molar-refractivity contribution is -0.119. The number of hydrogen-bond acceptors (Lipinski definition) is 6. The SMILES string of the molecule is CC[C@@H](C)[C@H](NC(=O)Nc1ccc(SC)cc1)C(=O)Nc1nnc(-c2ccccc2)s1. The van der Waals surface area contributed by atoms with Crippen LogP contribution in [0.2, 0.25) is 0 Å². The van der Waals surface area contributed by atoms with Crippen molar-refractivity contribution in [2.24, 2.45) is 5.92 Å². The van der Waals surface area contributed by atoms with Crippen LogP contribution in [-0.4, -0.2) is 34.4 Å². The summed E-state index contributed by atoms with van der Waals surface area (Å²) < 4.78 is 0. The maximum atomic E-state index is 12.9. The Morgan fingerprint density at radius 1 is 1.03 bits per heavy atom. The van der Waals surface area contributed by atoms with Gasteiger partial charge in [-0.15, -0.1) is 22.0 Å². The van der Waals surface area contributed by atoms with Gasteiger partial charge in [-0.2, -0.15) is 0 Å². The molecule has 3 rings (SSSR count). The van der Waals surface area contributed by atoms with Crippen LogP contribution in [0.1, 0.15) is 20.3 Å². The van der Waals surface area contributed by atoms with E-state index in [1.54, 1.807) is 11.8 Å². The normalized spacial score (nSPS) is 12.6. The largest absolute Gasteiger partial charge is 0.326 e. The van der Waals surface area contributed by atoms with Gasteiger partial charge in [0.25, 0.3) is 0 Å². The number of rotatable bonds is 8. The molecule has 162 valence electrons. The number of amides is 3. The first-order valence-corrected chi connectivity index (χ1v) is 12.0. The molecule has 0 saturated heterocycles. The quantitative estimate of drug-likeness (QED) is 0.411. The van der Waals surface area contributed by atoms with Gasteiger partial charge in [-0.25, -0.2) is 4.79 Å². The van der Waals surface area contributed by atoms with Crippen LogP contribution in [-0.2, 0) is 4.79 Å². The summed E-state index contributed by atoms with van der Waals surface area (Å²) in [7, 11) is 0. The van der Waals surface area contributed by atoms with E-state index >= 15 is 0 Å². The second kappa shape index (κ2) is 10.9. The highest BCUT2D eigenvalue weighted by Crippen LogP contribution is 2.26. The average Bonchev–Trinajstić information content (AvgIpc) is 3.26. The van der Waals surface area contributed by atoms with Crippen molar-refractivity contribution in [3.63, 3.8) is 0 Å². The van der Waals surface area contributed by atoms with Gasteiger partial charge in [-0.1, -0.05) is 61.9 Å². The van der Waals surface area contributed by atoms with Gasteiger partial charge >= 0.3 is 6.03 Å². The van der Waals surface area contributed by atoms with Crippen molar-refractivity contribution in [2.45, 2.75) is 31.2 Å². The number of thioether (sulfide) groups is 1. The second-order valence-corrected chi connectivity index (χ2v) is 8.81. The fourth-order valence-corrected chi connectivity index (χ4v) is 4.00. The molecule has 0 aliphatic carbocycles. The van der Waals surface area contributed by atoms with Gasteiger partial charge < -0.3 is 10.6 Å². The Morgan fingerprint density at radius 3 is 2.39 bits per heavy atom. The Kier molecular flexibility index (Phi) is 8.02. The summed E-state index contributed by atoms with van der Waals surface area (Å²) in [6.07, 6.45) is 2.72. The minimum atomic E-state index is -0.709. The topological polar surface area (TPSA) is 96.0 Å². The first kappa shape index (κ1) is 22.8. The first-order chi connectivity index (χ1) is 15.0. The highest BCUT2D eigenvalue weighted by molar-refractivity contribution is 7.98. The molecule has 0 saturated carbocycles. The third kappa shape index (κ3) is 6.28. The Hall–Kier alpha value is -2.91. The molecular formula is C22H25N5O2S2. The van der Waals surface area contributed by atoms with Crippen LogP contribution in [0, 0.1) is 5.92 Å². The zero-order valence-electron chi connectivity index (χ0n) is 17.6. The summed E-state index contributed by atoms with van der Waals surface area (Å²) >= 11 is 2.92. The van der Waals surface area contributed by atoms with Crippen LogP contribution in [0.4, 0.5) is 15.6 Å². The van der Waals surface area contributed by atoms with Crippen molar-refractivity contribution >= 4 is 45.9 Å². The zero-order valence-corrected chi connectivity index (χ0v) is 19.2. The van der Waals surface area contributed by atoms with Crippen molar-refractivity contribution in [3.05, 3.63) is 54.6 Å². The molecule has 0 radical (unpaired) electrons. The second-order valence-electron chi connectivity index (χ2n) is 6.96. The molecule has 1 heterocycles. The molecule has 3 amide bonds. The van der Waals surface area contributed by atoms with Crippen molar-refractivity contribution in [1.82, 2.24) is 15.5 Å². The van der Waals surface area contributed by atoms with E-state index in [1.807, 2.05) is 74.7 Å². The molecule has 0 spiro atoms. The number of nitrogens with one attached hydrogen (secondary N) is 3. The van der Waals surface area contributed by atoms with Crippen LogP contribution in [0.15, 0.2) is 59.5 Å². The molecule has 1 aromatic heterocycles. The minimum Gasteiger partial charge on any atom is -0.326 e. The Morgan fingerprint density at radius 2 is 1.74 bits per heavy atom. The molecule has 7 nitrogen and oxygen atoms in total. The molecule has 31 heavy (non-hydrogen) atoms. The van der Waals surface area contributed by atoms with E-state index in [4.69, 9.17) is 0 Å². The summed E-state index contributed by atoms with van der Waals surface area (Å²) in [4.78, 5) is 26.5. The number of carbonyl (C=O) groups excluding carboxylic acids is 2. The molecule has 0 aliphatic heterocycles. The van der Waals surface area contributed by atoms with Gasteiger partial charge in [0, 0.05) is 16.1 Å². The van der Waals surface area contributed by atoms with E-state index in [0.717, 1.165) is 21.9 Å². The standard InChI is InChI=1S/C22H25N5O2S2/c1-4-14(2)18(24-21(29)23-16-10-12-17(30-3)13-11-16)19(28)25-22-27-26-20(31-22)15-8-6-5-7-9-15/h5-14,18H,4H2,1-3H3,(H2,23,24,29)(H,25,27,28)/t14-,18+/m1/s1. The summed E-state index contributed by atoms with van der Waals surface area (Å²) in [5.74, 6) is -0.385. The number of carbonyl (C=O) groups is 2. The molecule has 2 aromatic carbocycles. The van der Waals surface area contributed by atoms with Gasteiger partial charge in [-0.3, -0.25) is 10.1 Å². The lowest BCUT2D eigenvalue weighted by atomic mass is 9.98. The number of nitrogens with zero attached hydrogens (tertiary/aromatic N) is 2. The fourth-order valence-electron chi connectivity index (χ4n) is 2.84. The Labute approximate surface area is 190 Å². The average molecular weight is 456 g/mol. The maximum Gasteiger partial charge on any atom is 0.319 e. The Balaban J connectivity index is 1.65. The maximum absolute atomic E-state index is 12.9. The van der Waals surface area contributed by atoms with Gasteiger partial charge in [0.05, 0.1) is 0 Å². The van der Waals surface area contributed by atoms with Crippen LogP contribution in [0.5, 0.6) is 0 Å². The summed E-state index contributed by atoms with van der Waals surface area (Å²) in [6, 6.07) is 16.0. The third-order valence-corrected chi connectivity index (χ3v) is 6.44. The molecule has 9 heteroatoms. The zero-order chi connectivity index (χ0) is 22.2. The number of hydrogen-bond donors (Lipinski definition) is 3. The van der Waals surface area contributed by atoms with E-state index in [1.165, 1.54) is 11.3 Å². The third-order valence-electron chi connectivity index (χ3n) is 4.81. The van der Waals surface area contributed by atoms with Crippen LogP contribution < -0.4 is 16.0 Å².